The van der Waals surface area contributed by atoms with Gasteiger partial charge in [0.2, 0.25) is 0 Å². The fourth-order valence-electron chi connectivity index (χ4n) is 2.43. The third-order valence-corrected chi connectivity index (χ3v) is 4.94. The number of thiophene rings is 1. The van der Waals surface area contributed by atoms with E-state index in [1.165, 1.54) is 31.7 Å². The molecule has 3 aromatic rings. The second kappa shape index (κ2) is 5.37. The molecule has 0 fully saturated rings. The SMILES string of the molecule is Cc1ccc(C(NN)c2cc3ccccc3s2)cc1C. The van der Waals surface area contributed by atoms with Gasteiger partial charge in [-0.3, -0.25) is 5.84 Å². The number of hydrogen-bond donors (Lipinski definition) is 2. The number of benzene rings is 2. The van der Waals surface area contributed by atoms with Crippen molar-refractivity contribution in [1.82, 2.24) is 5.43 Å². The lowest BCUT2D eigenvalue weighted by molar-refractivity contribution is 0.646. The first-order valence-corrected chi connectivity index (χ1v) is 7.52. The molecule has 0 aliphatic rings. The summed E-state index contributed by atoms with van der Waals surface area (Å²) in [6, 6.07) is 17.2. The van der Waals surface area contributed by atoms with Gasteiger partial charge in [0.25, 0.3) is 0 Å². The van der Waals surface area contributed by atoms with E-state index in [2.05, 4.69) is 67.8 Å². The molecule has 0 aliphatic heterocycles. The Kier molecular flexibility index (Phi) is 3.57. The second-order valence-electron chi connectivity index (χ2n) is 5.13. The van der Waals surface area contributed by atoms with E-state index in [9.17, 15) is 0 Å². The fraction of sp³-hybridized carbons (Fsp3) is 0.176. The van der Waals surface area contributed by atoms with Gasteiger partial charge < -0.3 is 0 Å². The van der Waals surface area contributed by atoms with E-state index in [1.807, 2.05) is 0 Å². The van der Waals surface area contributed by atoms with E-state index in [0.717, 1.165) is 0 Å². The van der Waals surface area contributed by atoms with E-state index >= 15 is 0 Å². The average molecular weight is 282 g/mol. The molecule has 0 aliphatic carbocycles. The molecule has 2 nitrogen and oxygen atoms in total. The molecule has 0 spiro atoms. The molecular formula is C17H18N2S. The molecule has 3 N–H and O–H groups in total. The van der Waals surface area contributed by atoms with Crippen LogP contribution in [-0.2, 0) is 0 Å². The van der Waals surface area contributed by atoms with Crippen molar-refractivity contribution in [3.05, 3.63) is 70.1 Å². The molecule has 0 saturated carbocycles. The highest BCUT2D eigenvalue weighted by molar-refractivity contribution is 7.19. The molecule has 102 valence electrons. The minimum atomic E-state index is 0.0479. The van der Waals surface area contributed by atoms with E-state index in [-0.39, 0.29) is 6.04 Å². The predicted molar refractivity (Wildman–Crippen MR) is 86.9 cm³/mol. The highest BCUT2D eigenvalue weighted by atomic mass is 32.1. The predicted octanol–water partition coefficient (Wildman–Crippen LogP) is 4.07. The van der Waals surface area contributed by atoms with Gasteiger partial charge in [0.15, 0.2) is 0 Å². The van der Waals surface area contributed by atoms with Crippen molar-refractivity contribution in [2.45, 2.75) is 19.9 Å². The first-order valence-electron chi connectivity index (χ1n) is 6.71. The van der Waals surface area contributed by atoms with Crippen molar-refractivity contribution < 1.29 is 0 Å². The number of rotatable bonds is 3. The van der Waals surface area contributed by atoms with Crippen LogP contribution in [0.4, 0.5) is 0 Å². The van der Waals surface area contributed by atoms with Crippen LogP contribution in [0, 0.1) is 13.8 Å². The lowest BCUT2D eigenvalue weighted by atomic mass is 10.0. The normalized spacial score (nSPS) is 12.8. The highest BCUT2D eigenvalue weighted by Crippen LogP contribution is 2.33. The zero-order chi connectivity index (χ0) is 14.1. The van der Waals surface area contributed by atoms with Gasteiger partial charge in [-0.25, -0.2) is 5.43 Å². The first kappa shape index (κ1) is 13.3. The molecule has 0 radical (unpaired) electrons. The van der Waals surface area contributed by atoms with Crippen molar-refractivity contribution in [1.29, 1.82) is 0 Å². The summed E-state index contributed by atoms with van der Waals surface area (Å²) in [5.41, 5.74) is 6.76. The van der Waals surface area contributed by atoms with E-state index < -0.39 is 0 Å². The molecule has 3 rings (SSSR count). The molecule has 3 heteroatoms. The Hall–Kier alpha value is -1.68. The van der Waals surface area contributed by atoms with Crippen LogP contribution in [0.25, 0.3) is 10.1 Å². The van der Waals surface area contributed by atoms with Crippen LogP contribution in [-0.4, -0.2) is 0 Å². The minimum Gasteiger partial charge on any atom is -0.271 e. The maximum absolute atomic E-state index is 5.80. The summed E-state index contributed by atoms with van der Waals surface area (Å²) < 4.78 is 1.30. The summed E-state index contributed by atoms with van der Waals surface area (Å²) in [5, 5.41) is 1.27. The highest BCUT2D eigenvalue weighted by Gasteiger charge is 2.15. The average Bonchev–Trinajstić information content (AvgIpc) is 2.87. The van der Waals surface area contributed by atoms with Crippen LogP contribution in [0.2, 0.25) is 0 Å². The van der Waals surface area contributed by atoms with Crippen LogP contribution in [0.15, 0.2) is 48.5 Å². The van der Waals surface area contributed by atoms with E-state index in [0.29, 0.717) is 0 Å². The van der Waals surface area contributed by atoms with Crippen molar-refractivity contribution in [2.24, 2.45) is 5.84 Å². The van der Waals surface area contributed by atoms with E-state index in [1.54, 1.807) is 11.3 Å². The van der Waals surface area contributed by atoms with Crippen molar-refractivity contribution >= 4 is 21.4 Å². The Morgan fingerprint density at radius 3 is 2.50 bits per heavy atom. The quantitative estimate of drug-likeness (QED) is 0.561. The van der Waals surface area contributed by atoms with Crippen LogP contribution in [0.1, 0.15) is 27.6 Å². The number of nitrogens with two attached hydrogens (primary N) is 1. The molecule has 2 aromatic carbocycles. The molecule has 1 heterocycles. The van der Waals surface area contributed by atoms with Gasteiger partial charge >= 0.3 is 0 Å². The molecule has 1 unspecified atom stereocenters. The van der Waals surface area contributed by atoms with Crippen LogP contribution in [0.3, 0.4) is 0 Å². The lowest BCUT2D eigenvalue weighted by Gasteiger charge is -2.16. The number of nitrogens with one attached hydrogen (secondary N) is 1. The summed E-state index contributed by atoms with van der Waals surface area (Å²) in [6.07, 6.45) is 0. The Morgan fingerprint density at radius 1 is 1.00 bits per heavy atom. The zero-order valence-electron chi connectivity index (χ0n) is 11.7. The fourth-order valence-corrected chi connectivity index (χ4v) is 3.58. The van der Waals surface area contributed by atoms with Gasteiger partial charge in [0, 0.05) is 9.58 Å². The number of aryl methyl sites for hydroxylation is 2. The molecule has 0 bridgehead atoms. The standard InChI is InChI=1S/C17H18N2S/c1-11-7-8-14(9-12(11)2)17(19-18)16-10-13-5-3-4-6-15(13)20-16/h3-10,17,19H,18H2,1-2H3. The van der Waals surface area contributed by atoms with Crippen LogP contribution in [0.5, 0.6) is 0 Å². The molecule has 1 aromatic heterocycles. The minimum absolute atomic E-state index is 0.0479. The third kappa shape index (κ3) is 2.36. The summed E-state index contributed by atoms with van der Waals surface area (Å²) >= 11 is 1.79. The van der Waals surface area contributed by atoms with Crippen molar-refractivity contribution in [2.75, 3.05) is 0 Å². The largest absolute Gasteiger partial charge is 0.271 e. The van der Waals surface area contributed by atoms with E-state index in [4.69, 9.17) is 5.84 Å². The maximum atomic E-state index is 5.80. The molecule has 20 heavy (non-hydrogen) atoms. The van der Waals surface area contributed by atoms with Crippen molar-refractivity contribution in [3.8, 4) is 0 Å². The Balaban J connectivity index is 2.06. The van der Waals surface area contributed by atoms with Gasteiger partial charge in [-0.05, 0) is 48.1 Å². The third-order valence-electron chi connectivity index (χ3n) is 3.76. The van der Waals surface area contributed by atoms with Crippen LogP contribution < -0.4 is 11.3 Å². The van der Waals surface area contributed by atoms with Gasteiger partial charge in [-0.2, -0.15) is 0 Å². The Bertz CT molecular complexity index is 713. The van der Waals surface area contributed by atoms with Crippen LogP contribution >= 0.6 is 11.3 Å². The topological polar surface area (TPSA) is 38.0 Å². The maximum Gasteiger partial charge on any atom is 0.0803 e. The Morgan fingerprint density at radius 2 is 1.80 bits per heavy atom. The van der Waals surface area contributed by atoms with Gasteiger partial charge in [-0.1, -0.05) is 36.4 Å². The lowest BCUT2D eigenvalue weighted by Crippen LogP contribution is -2.28. The smallest absolute Gasteiger partial charge is 0.0803 e. The molecule has 0 amide bonds. The van der Waals surface area contributed by atoms with Crippen molar-refractivity contribution in [3.63, 3.8) is 0 Å². The molecular weight excluding hydrogens is 264 g/mol. The van der Waals surface area contributed by atoms with Gasteiger partial charge in [0.1, 0.15) is 0 Å². The monoisotopic (exact) mass is 282 g/mol. The Labute approximate surface area is 123 Å². The second-order valence-corrected chi connectivity index (χ2v) is 6.25. The molecule has 0 saturated heterocycles. The number of fused-ring (bicyclic) bond motifs is 1. The van der Waals surface area contributed by atoms with Gasteiger partial charge in [0.05, 0.1) is 6.04 Å². The number of hydrazine groups is 1. The summed E-state index contributed by atoms with van der Waals surface area (Å²) in [4.78, 5) is 1.25. The first-order chi connectivity index (χ1) is 9.69. The summed E-state index contributed by atoms with van der Waals surface area (Å²) in [5.74, 6) is 5.80. The summed E-state index contributed by atoms with van der Waals surface area (Å²) in [6.45, 7) is 4.26. The number of hydrogen-bond acceptors (Lipinski definition) is 3. The van der Waals surface area contributed by atoms with Gasteiger partial charge in [-0.15, -0.1) is 11.3 Å². The molecule has 1 atom stereocenters. The summed E-state index contributed by atoms with van der Waals surface area (Å²) in [7, 11) is 0. The zero-order valence-corrected chi connectivity index (χ0v) is 12.5.